The molecule has 0 spiro atoms. The summed E-state index contributed by atoms with van der Waals surface area (Å²) in [6.07, 6.45) is 2.65. The van der Waals surface area contributed by atoms with E-state index < -0.39 is 0 Å². The molecule has 0 saturated carbocycles. The molecule has 2 aliphatic heterocycles. The number of ether oxygens (including phenoxy) is 1. The van der Waals surface area contributed by atoms with Crippen molar-refractivity contribution in [2.45, 2.75) is 39.4 Å². The van der Waals surface area contributed by atoms with Crippen LogP contribution in [0.4, 0.5) is 0 Å². The number of halogens is 1. The maximum atomic E-state index is 6.43. The molecular formula is C20H27ClN4O. The lowest BCUT2D eigenvalue weighted by Gasteiger charge is -2.20. The Morgan fingerprint density at radius 3 is 2.65 bits per heavy atom. The first-order valence-electron chi connectivity index (χ1n) is 9.47. The van der Waals surface area contributed by atoms with Gasteiger partial charge in [-0.2, -0.15) is 5.10 Å². The van der Waals surface area contributed by atoms with Gasteiger partial charge in [0.15, 0.2) is 0 Å². The number of rotatable bonds is 4. The fourth-order valence-electron chi connectivity index (χ4n) is 4.01. The monoisotopic (exact) mass is 374 g/mol. The molecule has 0 radical (unpaired) electrons. The molecule has 0 bridgehead atoms. The van der Waals surface area contributed by atoms with E-state index in [-0.39, 0.29) is 0 Å². The first kappa shape index (κ1) is 17.8. The highest BCUT2D eigenvalue weighted by Crippen LogP contribution is 2.28. The second-order valence-electron chi connectivity index (χ2n) is 7.46. The van der Waals surface area contributed by atoms with Crippen LogP contribution >= 0.6 is 11.6 Å². The number of likely N-dealkylation sites (tertiary alicyclic amines) is 1. The van der Waals surface area contributed by atoms with Gasteiger partial charge in [0, 0.05) is 44.4 Å². The van der Waals surface area contributed by atoms with Crippen LogP contribution in [0.25, 0.3) is 0 Å². The molecule has 1 fully saturated rings. The number of hydrogen-bond acceptors (Lipinski definition) is 4. The predicted octanol–water partition coefficient (Wildman–Crippen LogP) is 3.37. The molecule has 6 heteroatoms. The summed E-state index contributed by atoms with van der Waals surface area (Å²) in [7, 11) is 1.89. The summed E-state index contributed by atoms with van der Waals surface area (Å²) in [4.78, 5) is 4.94. The zero-order valence-corrected chi connectivity index (χ0v) is 16.4. The van der Waals surface area contributed by atoms with Crippen LogP contribution in [0.5, 0.6) is 5.75 Å². The van der Waals surface area contributed by atoms with E-state index in [4.69, 9.17) is 16.3 Å². The lowest BCUT2D eigenvalue weighted by molar-refractivity contribution is 0.219. The largest absolute Gasteiger partial charge is 0.492 e. The molecule has 1 saturated heterocycles. The van der Waals surface area contributed by atoms with Gasteiger partial charge < -0.3 is 4.74 Å². The van der Waals surface area contributed by atoms with Gasteiger partial charge in [-0.3, -0.25) is 14.5 Å². The van der Waals surface area contributed by atoms with E-state index >= 15 is 0 Å². The van der Waals surface area contributed by atoms with Gasteiger partial charge in [0.2, 0.25) is 0 Å². The second-order valence-corrected chi connectivity index (χ2v) is 7.82. The number of fused-ring (bicyclic) bond motifs is 1. The highest BCUT2D eigenvalue weighted by molar-refractivity contribution is 6.30. The van der Waals surface area contributed by atoms with Crippen LogP contribution in [0.1, 0.15) is 35.2 Å². The van der Waals surface area contributed by atoms with E-state index in [0.29, 0.717) is 6.61 Å². The summed E-state index contributed by atoms with van der Waals surface area (Å²) >= 11 is 6.43. The summed E-state index contributed by atoms with van der Waals surface area (Å²) in [5, 5.41) is 5.17. The lowest BCUT2D eigenvalue weighted by Crippen LogP contribution is -2.25. The molecule has 1 aromatic carbocycles. The van der Waals surface area contributed by atoms with Crippen molar-refractivity contribution in [1.29, 1.82) is 0 Å². The van der Waals surface area contributed by atoms with Crippen molar-refractivity contribution in [3.8, 4) is 5.75 Å². The van der Waals surface area contributed by atoms with E-state index in [1.807, 2.05) is 14.0 Å². The van der Waals surface area contributed by atoms with Gasteiger partial charge in [-0.15, -0.1) is 0 Å². The molecule has 0 unspecified atom stereocenters. The van der Waals surface area contributed by atoms with Gasteiger partial charge in [-0.25, -0.2) is 0 Å². The molecule has 0 aliphatic carbocycles. The van der Waals surface area contributed by atoms with Gasteiger partial charge in [-0.1, -0.05) is 17.7 Å². The summed E-state index contributed by atoms with van der Waals surface area (Å²) in [5.74, 6) is 1.02. The van der Waals surface area contributed by atoms with Crippen molar-refractivity contribution in [2.75, 3.05) is 26.2 Å². The van der Waals surface area contributed by atoms with Gasteiger partial charge in [-0.05, 0) is 50.6 Å². The Labute approximate surface area is 160 Å². The van der Waals surface area contributed by atoms with Crippen LogP contribution in [-0.2, 0) is 26.7 Å². The van der Waals surface area contributed by atoms with Crippen molar-refractivity contribution in [1.82, 2.24) is 19.6 Å². The molecule has 26 heavy (non-hydrogen) atoms. The number of hydrogen-bond donors (Lipinski definition) is 0. The maximum absolute atomic E-state index is 6.43. The number of aromatic nitrogens is 2. The van der Waals surface area contributed by atoms with Crippen molar-refractivity contribution in [3.05, 3.63) is 45.7 Å². The van der Waals surface area contributed by atoms with Crippen LogP contribution in [0.3, 0.4) is 0 Å². The zero-order chi connectivity index (χ0) is 18.1. The quantitative estimate of drug-likeness (QED) is 0.821. The van der Waals surface area contributed by atoms with Crippen molar-refractivity contribution in [2.24, 2.45) is 7.05 Å². The third-order valence-corrected chi connectivity index (χ3v) is 5.91. The topological polar surface area (TPSA) is 33.5 Å². The van der Waals surface area contributed by atoms with Gasteiger partial charge >= 0.3 is 0 Å². The Bertz CT molecular complexity index is 782. The highest BCUT2D eigenvalue weighted by Gasteiger charge is 2.20. The zero-order valence-electron chi connectivity index (χ0n) is 15.7. The summed E-state index contributed by atoms with van der Waals surface area (Å²) in [6, 6.07) is 6.69. The van der Waals surface area contributed by atoms with Crippen LogP contribution in [-0.4, -0.2) is 45.8 Å². The van der Waals surface area contributed by atoms with Gasteiger partial charge in [0.1, 0.15) is 17.5 Å². The molecule has 0 amide bonds. The van der Waals surface area contributed by atoms with E-state index in [2.05, 4.69) is 33.1 Å². The van der Waals surface area contributed by atoms with Crippen LogP contribution in [0, 0.1) is 6.92 Å². The van der Waals surface area contributed by atoms with E-state index in [9.17, 15) is 0 Å². The first-order valence-corrected chi connectivity index (χ1v) is 9.85. The summed E-state index contributed by atoms with van der Waals surface area (Å²) in [5.41, 5.74) is 4.78. The standard InChI is InChI=1S/C20H27ClN4O/c1-15-18(20(21)23(2)22-15)14-25-9-10-26-19-6-5-16(11-17(19)13-25)12-24-7-3-4-8-24/h5-6,11H,3-4,7-10,12-14H2,1-2H3. The highest BCUT2D eigenvalue weighted by atomic mass is 35.5. The predicted molar refractivity (Wildman–Crippen MR) is 104 cm³/mol. The Balaban J connectivity index is 1.51. The molecule has 1 aromatic heterocycles. The average molecular weight is 375 g/mol. The Hall–Kier alpha value is -1.56. The first-order chi connectivity index (χ1) is 12.6. The van der Waals surface area contributed by atoms with Crippen LogP contribution in [0.2, 0.25) is 5.15 Å². The molecule has 140 valence electrons. The van der Waals surface area contributed by atoms with Crippen LogP contribution in [0.15, 0.2) is 18.2 Å². The minimum Gasteiger partial charge on any atom is -0.492 e. The third kappa shape index (κ3) is 3.75. The molecule has 0 N–H and O–H groups in total. The molecule has 2 aromatic rings. The molecule has 4 rings (SSSR count). The summed E-state index contributed by atoms with van der Waals surface area (Å²) in [6.45, 7) is 8.79. The molecule has 2 aliphatic rings. The minimum absolute atomic E-state index is 0.704. The van der Waals surface area contributed by atoms with Gasteiger partial charge in [0.25, 0.3) is 0 Å². The SMILES string of the molecule is Cc1nn(C)c(Cl)c1CN1CCOc2ccc(CN3CCCC3)cc2C1. The van der Waals surface area contributed by atoms with Crippen molar-refractivity contribution < 1.29 is 4.74 Å². The Morgan fingerprint density at radius 2 is 1.92 bits per heavy atom. The molecular weight excluding hydrogens is 348 g/mol. The fourth-order valence-corrected chi connectivity index (χ4v) is 4.25. The molecule has 0 atom stereocenters. The third-order valence-electron chi connectivity index (χ3n) is 5.44. The summed E-state index contributed by atoms with van der Waals surface area (Å²) < 4.78 is 7.75. The van der Waals surface area contributed by atoms with Gasteiger partial charge in [0.05, 0.1) is 5.69 Å². The smallest absolute Gasteiger partial charge is 0.131 e. The van der Waals surface area contributed by atoms with E-state index in [0.717, 1.165) is 48.3 Å². The number of aryl methyl sites for hydroxylation is 2. The molecule has 3 heterocycles. The number of benzene rings is 1. The van der Waals surface area contributed by atoms with Crippen molar-refractivity contribution >= 4 is 11.6 Å². The Kier molecular flexibility index (Phi) is 5.20. The van der Waals surface area contributed by atoms with E-state index in [1.54, 1.807) is 4.68 Å². The Morgan fingerprint density at radius 1 is 1.12 bits per heavy atom. The lowest BCUT2D eigenvalue weighted by atomic mass is 10.1. The number of nitrogens with zero attached hydrogens (tertiary/aromatic N) is 4. The van der Waals surface area contributed by atoms with E-state index in [1.165, 1.54) is 37.1 Å². The second kappa shape index (κ2) is 7.59. The fraction of sp³-hybridized carbons (Fsp3) is 0.550. The molecule has 5 nitrogen and oxygen atoms in total. The maximum Gasteiger partial charge on any atom is 0.131 e. The van der Waals surface area contributed by atoms with Crippen LogP contribution < -0.4 is 4.74 Å². The average Bonchev–Trinajstić information content (AvgIpc) is 3.13. The minimum atomic E-state index is 0.704. The van der Waals surface area contributed by atoms with Crippen molar-refractivity contribution in [3.63, 3.8) is 0 Å². The normalized spacial score (nSPS) is 18.6.